The number of hydrogen-bond donors (Lipinski definition) is 1. The van der Waals surface area contributed by atoms with E-state index < -0.39 is 0 Å². The highest BCUT2D eigenvalue weighted by Gasteiger charge is 2.20. The van der Waals surface area contributed by atoms with E-state index in [-0.39, 0.29) is 18.6 Å². The predicted octanol–water partition coefficient (Wildman–Crippen LogP) is 2.79. The Balaban J connectivity index is 1.41. The van der Waals surface area contributed by atoms with Crippen molar-refractivity contribution >= 4 is 17.5 Å². The first-order chi connectivity index (χ1) is 12.2. The molecule has 6 heteroatoms. The summed E-state index contributed by atoms with van der Waals surface area (Å²) in [4.78, 5) is 25.9. The van der Waals surface area contributed by atoms with Crippen LogP contribution in [0.4, 0.5) is 5.69 Å². The molecule has 0 atom stereocenters. The lowest BCUT2D eigenvalue weighted by molar-refractivity contribution is -0.128. The number of nitrogens with zero attached hydrogens (tertiary/aromatic N) is 1. The molecule has 2 aromatic carbocycles. The lowest BCUT2D eigenvalue weighted by Gasteiger charge is -2.15. The number of carbonyl (C=O) groups excluding carboxylic acids is 2. The van der Waals surface area contributed by atoms with Crippen molar-refractivity contribution < 1.29 is 19.1 Å². The number of benzene rings is 2. The minimum Gasteiger partial charge on any atom is -0.454 e. The van der Waals surface area contributed by atoms with Crippen molar-refractivity contribution in [3.63, 3.8) is 0 Å². The average Bonchev–Trinajstić information content (AvgIpc) is 3.24. The lowest BCUT2D eigenvalue weighted by atomic mass is 10.1. The van der Waals surface area contributed by atoms with Gasteiger partial charge in [0.2, 0.25) is 12.7 Å². The van der Waals surface area contributed by atoms with Gasteiger partial charge in [0.25, 0.3) is 5.91 Å². The minimum absolute atomic E-state index is 0.192. The maximum atomic E-state index is 12.4. The highest BCUT2D eigenvalue weighted by Crippen LogP contribution is 2.34. The highest BCUT2D eigenvalue weighted by molar-refractivity contribution is 6.04. The number of anilines is 1. The van der Waals surface area contributed by atoms with Gasteiger partial charge in [0.15, 0.2) is 11.5 Å². The van der Waals surface area contributed by atoms with Gasteiger partial charge in [-0.05, 0) is 36.2 Å². The quantitative estimate of drug-likeness (QED) is 0.931. The molecule has 25 heavy (non-hydrogen) atoms. The second-order valence-electron chi connectivity index (χ2n) is 6.14. The predicted molar refractivity (Wildman–Crippen MR) is 91.6 cm³/mol. The van der Waals surface area contributed by atoms with Gasteiger partial charge in [-0.3, -0.25) is 9.59 Å². The van der Waals surface area contributed by atoms with Crippen LogP contribution >= 0.6 is 0 Å². The van der Waals surface area contributed by atoms with E-state index in [9.17, 15) is 9.59 Å². The average molecular weight is 338 g/mol. The van der Waals surface area contributed by atoms with Gasteiger partial charge in [-0.2, -0.15) is 0 Å². The van der Waals surface area contributed by atoms with Crippen LogP contribution in [0, 0.1) is 0 Å². The Labute approximate surface area is 145 Å². The SMILES string of the molecule is O=C(Nc1ccc2c(c1)OCO2)c1ccc(CN2CCCC2=O)cc1. The fraction of sp³-hybridized carbons (Fsp3) is 0.263. The number of likely N-dealkylation sites (tertiary alicyclic amines) is 1. The number of fused-ring (bicyclic) bond motifs is 1. The van der Waals surface area contributed by atoms with Crippen LogP contribution in [0.15, 0.2) is 42.5 Å². The molecule has 4 rings (SSSR count). The van der Waals surface area contributed by atoms with Crippen molar-refractivity contribution in [1.82, 2.24) is 4.90 Å². The van der Waals surface area contributed by atoms with Crippen molar-refractivity contribution in [2.24, 2.45) is 0 Å². The topological polar surface area (TPSA) is 67.9 Å². The van der Waals surface area contributed by atoms with Gasteiger partial charge in [0, 0.05) is 36.8 Å². The van der Waals surface area contributed by atoms with Crippen molar-refractivity contribution in [2.45, 2.75) is 19.4 Å². The van der Waals surface area contributed by atoms with Crippen molar-refractivity contribution in [2.75, 3.05) is 18.7 Å². The molecule has 1 N–H and O–H groups in total. The summed E-state index contributed by atoms with van der Waals surface area (Å²) in [7, 11) is 0. The Morgan fingerprint density at radius 2 is 1.88 bits per heavy atom. The molecule has 0 saturated carbocycles. The fourth-order valence-corrected chi connectivity index (χ4v) is 3.03. The van der Waals surface area contributed by atoms with Gasteiger partial charge in [-0.1, -0.05) is 12.1 Å². The Hall–Kier alpha value is -3.02. The highest BCUT2D eigenvalue weighted by atomic mass is 16.7. The van der Waals surface area contributed by atoms with Crippen molar-refractivity contribution in [3.8, 4) is 11.5 Å². The third-order valence-corrected chi connectivity index (χ3v) is 4.39. The summed E-state index contributed by atoms with van der Waals surface area (Å²) in [6.45, 7) is 1.61. The van der Waals surface area contributed by atoms with E-state index in [0.29, 0.717) is 35.7 Å². The van der Waals surface area contributed by atoms with E-state index in [2.05, 4.69) is 5.32 Å². The fourth-order valence-electron chi connectivity index (χ4n) is 3.03. The number of nitrogens with one attached hydrogen (secondary N) is 1. The van der Waals surface area contributed by atoms with Crippen LogP contribution in [0.2, 0.25) is 0 Å². The number of ether oxygens (including phenoxy) is 2. The Bertz CT molecular complexity index is 817. The first-order valence-corrected chi connectivity index (χ1v) is 8.27. The van der Waals surface area contributed by atoms with Crippen LogP contribution in [0.1, 0.15) is 28.8 Å². The van der Waals surface area contributed by atoms with Gasteiger partial charge in [0.1, 0.15) is 0 Å². The zero-order valence-corrected chi connectivity index (χ0v) is 13.7. The van der Waals surface area contributed by atoms with E-state index in [1.807, 2.05) is 17.0 Å². The zero-order valence-electron chi connectivity index (χ0n) is 13.7. The summed E-state index contributed by atoms with van der Waals surface area (Å²) in [5.41, 5.74) is 2.24. The maximum absolute atomic E-state index is 12.4. The first-order valence-electron chi connectivity index (χ1n) is 8.27. The molecule has 2 aromatic rings. The van der Waals surface area contributed by atoms with E-state index >= 15 is 0 Å². The number of amides is 2. The van der Waals surface area contributed by atoms with Gasteiger partial charge in [0.05, 0.1) is 0 Å². The lowest BCUT2D eigenvalue weighted by Crippen LogP contribution is -2.23. The Morgan fingerprint density at radius 1 is 1.08 bits per heavy atom. The summed E-state index contributed by atoms with van der Waals surface area (Å²) in [5, 5.41) is 2.85. The van der Waals surface area contributed by atoms with E-state index in [4.69, 9.17) is 9.47 Å². The second-order valence-corrected chi connectivity index (χ2v) is 6.14. The van der Waals surface area contributed by atoms with Gasteiger partial charge in [-0.15, -0.1) is 0 Å². The molecule has 1 saturated heterocycles. The second kappa shape index (κ2) is 6.47. The normalized spacial score (nSPS) is 15.5. The molecular weight excluding hydrogens is 320 g/mol. The molecule has 2 aliphatic rings. The van der Waals surface area contributed by atoms with Gasteiger partial charge < -0.3 is 19.7 Å². The first kappa shape index (κ1) is 15.5. The minimum atomic E-state index is -0.192. The number of hydrogen-bond acceptors (Lipinski definition) is 4. The molecule has 0 aliphatic carbocycles. The van der Waals surface area contributed by atoms with E-state index in [1.165, 1.54) is 0 Å². The smallest absolute Gasteiger partial charge is 0.255 e. The molecule has 0 bridgehead atoms. The Kier molecular flexibility index (Phi) is 4.01. The van der Waals surface area contributed by atoms with Crippen LogP contribution in [0.3, 0.4) is 0 Å². The molecule has 2 amide bonds. The molecule has 0 radical (unpaired) electrons. The maximum Gasteiger partial charge on any atom is 0.255 e. The molecule has 0 unspecified atom stereocenters. The van der Waals surface area contributed by atoms with E-state index in [0.717, 1.165) is 18.5 Å². The van der Waals surface area contributed by atoms with Crippen LogP contribution in [-0.2, 0) is 11.3 Å². The number of rotatable bonds is 4. The Morgan fingerprint density at radius 3 is 2.64 bits per heavy atom. The zero-order chi connectivity index (χ0) is 17.2. The van der Waals surface area contributed by atoms with Crippen LogP contribution < -0.4 is 14.8 Å². The molecule has 0 aromatic heterocycles. The molecule has 128 valence electrons. The third kappa shape index (κ3) is 3.28. The van der Waals surface area contributed by atoms with Crippen LogP contribution in [0.5, 0.6) is 11.5 Å². The summed E-state index contributed by atoms with van der Waals surface area (Å²) in [5.74, 6) is 1.31. The molecule has 2 aliphatic heterocycles. The van der Waals surface area contributed by atoms with Crippen molar-refractivity contribution in [3.05, 3.63) is 53.6 Å². The largest absolute Gasteiger partial charge is 0.454 e. The summed E-state index contributed by atoms with van der Waals surface area (Å²) in [6, 6.07) is 12.6. The molecule has 2 heterocycles. The summed E-state index contributed by atoms with van der Waals surface area (Å²) >= 11 is 0. The summed E-state index contributed by atoms with van der Waals surface area (Å²) < 4.78 is 10.6. The molecule has 1 fully saturated rings. The molecule has 6 nitrogen and oxygen atoms in total. The molecular formula is C19H18N2O4. The van der Waals surface area contributed by atoms with Crippen LogP contribution in [-0.4, -0.2) is 30.1 Å². The van der Waals surface area contributed by atoms with E-state index in [1.54, 1.807) is 30.3 Å². The standard InChI is InChI=1S/C19H18N2O4/c22-18-2-1-9-21(18)11-13-3-5-14(6-4-13)19(23)20-15-7-8-16-17(10-15)25-12-24-16/h3-8,10H,1-2,9,11-12H2,(H,20,23). The monoisotopic (exact) mass is 338 g/mol. The van der Waals surface area contributed by atoms with Gasteiger partial charge in [-0.25, -0.2) is 0 Å². The van der Waals surface area contributed by atoms with Crippen LogP contribution in [0.25, 0.3) is 0 Å². The number of carbonyl (C=O) groups is 2. The third-order valence-electron chi connectivity index (χ3n) is 4.39. The van der Waals surface area contributed by atoms with Crippen molar-refractivity contribution in [1.29, 1.82) is 0 Å². The van der Waals surface area contributed by atoms with Gasteiger partial charge >= 0.3 is 0 Å². The summed E-state index contributed by atoms with van der Waals surface area (Å²) in [6.07, 6.45) is 1.56. The molecule has 0 spiro atoms.